The van der Waals surface area contributed by atoms with Crippen LogP contribution in [-0.2, 0) is 0 Å². The number of hydrazine groups is 1. The second kappa shape index (κ2) is 12.3. The Bertz CT molecular complexity index is 859. The lowest BCUT2D eigenvalue weighted by molar-refractivity contribution is 0.421. The van der Waals surface area contributed by atoms with E-state index in [9.17, 15) is 4.39 Å². The molecule has 0 saturated carbocycles. The molecule has 168 valence electrons. The van der Waals surface area contributed by atoms with Crippen LogP contribution in [0.5, 0.6) is 0 Å². The normalized spacial score (nSPS) is 21.8. The number of nitrogens with zero attached hydrogens (tertiary/aromatic N) is 1. The molecule has 0 aromatic heterocycles. The van der Waals surface area contributed by atoms with Crippen molar-refractivity contribution < 1.29 is 4.39 Å². The quantitative estimate of drug-likeness (QED) is 0.135. The Morgan fingerprint density at radius 3 is 2.65 bits per heavy atom. The van der Waals surface area contributed by atoms with Crippen molar-refractivity contribution in [1.29, 1.82) is 0 Å². The lowest BCUT2D eigenvalue weighted by Crippen LogP contribution is -2.33. The number of allylic oxidation sites excluding steroid dienone is 4. The molecule has 0 radical (unpaired) electrons. The Morgan fingerprint density at radius 1 is 1.32 bits per heavy atom. The summed E-state index contributed by atoms with van der Waals surface area (Å²) in [5.74, 6) is 5.28. The van der Waals surface area contributed by atoms with Gasteiger partial charge in [-0.15, -0.1) is 6.58 Å². The topological polar surface area (TPSA) is 100 Å². The number of halogens is 1. The number of hydrogen-bond donors (Lipinski definition) is 6. The fraction of sp³-hybridized carbons (Fsp3) is 0.348. The molecule has 0 amide bonds. The molecule has 8 heteroatoms. The average Bonchev–Trinajstić information content (AvgIpc) is 2.78. The number of thiol groups is 1. The minimum Gasteiger partial charge on any atom is -0.404 e. The third kappa shape index (κ3) is 6.72. The van der Waals surface area contributed by atoms with Gasteiger partial charge in [0.05, 0.1) is 11.4 Å². The maximum Gasteiger partial charge on any atom is 0.123 e. The van der Waals surface area contributed by atoms with E-state index < -0.39 is 0 Å². The van der Waals surface area contributed by atoms with Crippen molar-refractivity contribution in [2.24, 2.45) is 22.0 Å². The van der Waals surface area contributed by atoms with E-state index in [4.69, 9.17) is 16.6 Å². The molecule has 7 N–H and O–H groups in total. The van der Waals surface area contributed by atoms with Crippen molar-refractivity contribution in [1.82, 2.24) is 15.5 Å². The Kier molecular flexibility index (Phi) is 9.84. The van der Waals surface area contributed by atoms with E-state index in [1.54, 1.807) is 24.5 Å². The number of nitrogens with two attached hydrogens (primary N) is 2. The highest BCUT2D eigenvalue weighted by atomic mass is 32.1. The number of aliphatic imine (C=N–C) groups is 1. The summed E-state index contributed by atoms with van der Waals surface area (Å²) in [5.41, 5.74) is 12.8. The minimum atomic E-state index is -0.360. The van der Waals surface area contributed by atoms with Crippen LogP contribution in [0.2, 0.25) is 0 Å². The van der Waals surface area contributed by atoms with Crippen LogP contribution in [-0.4, -0.2) is 18.8 Å². The summed E-state index contributed by atoms with van der Waals surface area (Å²) in [5, 5.41) is 3.44. The Hall–Kier alpha value is -2.55. The molecular formula is C23H33FN6S. The molecule has 1 aliphatic carbocycles. The summed E-state index contributed by atoms with van der Waals surface area (Å²) >= 11 is 4.15. The minimum absolute atomic E-state index is 0.295. The summed E-state index contributed by atoms with van der Waals surface area (Å²) in [6, 6.07) is 6.09. The van der Waals surface area contributed by atoms with Gasteiger partial charge in [0.1, 0.15) is 5.82 Å². The molecular weight excluding hydrogens is 411 g/mol. The second-order valence-electron chi connectivity index (χ2n) is 7.47. The molecule has 0 aliphatic heterocycles. The van der Waals surface area contributed by atoms with E-state index in [2.05, 4.69) is 47.9 Å². The van der Waals surface area contributed by atoms with Crippen LogP contribution in [0.15, 0.2) is 77.2 Å². The zero-order valence-corrected chi connectivity index (χ0v) is 18.9. The third-order valence-electron chi connectivity index (χ3n) is 5.33. The van der Waals surface area contributed by atoms with Crippen LogP contribution >= 0.6 is 12.8 Å². The Balaban J connectivity index is 2.51. The van der Waals surface area contributed by atoms with Gasteiger partial charge in [-0.3, -0.25) is 10.6 Å². The fourth-order valence-corrected chi connectivity index (χ4v) is 3.81. The van der Waals surface area contributed by atoms with Crippen molar-refractivity contribution in [3.63, 3.8) is 0 Å². The lowest BCUT2D eigenvalue weighted by atomic mass is 9.66. The average molecular weight is 445 g/mol. The summed E-state index contributed by atoms with van der Waals surface area (Å²) in [7, 11) is 0. The van der Waals surface area contributed by atoms with Crippen molar-refractivity contribution in [2.75, 3.05) is 13.1 Å². The molecule has 1 aromatic carbocycles. The van der Waals surface area contributed by atoms with Crippen molar-refractivity contribution in [3.8, 4) is 0 Å². The molecule has 0 bridgehead atoms. The number of hydrogen-bond acceptors (Lipinski definition) is 7. The maximum absolute atomic E-state index is 13.3. The Morgan fingerprint density at radius 2 is 2.06 bits per heavy atom. The highest BCUT2D eigenvalue weighted by Gasteiger charge is 2.37. The lowest BCUT2D eigenvalue weighted by Gasteiger charge is -2.39. The predicted octanol–water partition coefficient (Wildman–Crippen LogP) is 3.76. The van der Waals surface area contributed by atoms with Gasteiger partial charge in [0.25, 0.3) is 0 Å². The molecule has 6 nitrogen and oxygen atoms in total. The van der Waals surface area contributed by atoms with E-state index in [-0.39, 0.29) is 11.2 Å². The molecule has 0 spiro atoms. The van der Waals surface area contributed by atoms with Crippen LogP contribution in [0, 0.1) is 11.2 Å². The van der Waals surface area contributed by atoms with E-state index in [0.717, 1.165) is 41.9 Å². The van der Waals surface area contributed by atoms with Crippen LogP contribution in [0.25, 0.3) is 0 Å². The molecule has 1 aromatic rings. The van der Waals surface area contributed by atoms with E-state index in [0.29, 0.717) is 25.1 Å². The third-order valence-corrected chi connectivity index (χ3v) is 5.55. The van der Waals surface area contributed by atoms with E-state index in [1.807, 2.05) is 6.08 Å². The van der Waals surface area contributed by atoms with Crippen molar-refractivity contribution in [2.45, 2.75) is 32.6 Å². The molecule has 1 aliphatic rings. The predicted molar refractivity (Wildman–Crippen MR) is 131 cm³/mol. The van der Waals surface area contributed by atoms with E-state index >= 15 is 0 Å². The first kappa shape index (κ1) is 24.7. The fourth-order valence-electron chi connectivity index (χ4n) is 3.70. The molecule has 1 unspecified atom stereocenters. The smallest absolute Gasteiger partial charge is 0.123 e. The standard InChI is InChI=1S/C23H33FN6S/c1-3-10-27-21(16-28-26)14-23(4-2)13-17(15-25)22(12-18(23)9-11-29-31)30-20-7-5-19(24)6-8-20/h4-8,12,15-16,27-29,31H,2-3,9-11,13-14,25-26H2,1H3/b17-15?,21-16-,30-22?. The Labute approximate surface area is 190 Å². The molecule has 0 saturated heterocycles. The number of nitrogens with one attached hydrogen (secondary N) is 3. The molecule has 31 heavy (non-hydrogen) atoms. The van der Waals surface area contributed by atoms with Crippen LogP contribution < -0.4 is 27.0 Å². The van der Waals surface area contributed by atoms with Gasteiger partial charge < -0.3 is 16.5 Å². The first-order valence-corrected chi connectivity index (χ1v) is 10.8. The van der Waals surface area contributed by atoms with Gasteiger partial charge in [-0.2, -0.15) is 0 Å². The molecule has 2 rings (SSSR count). The van der Waals surface area contributed by atoms with Crippen LogP contribution in [0.3, 0.4) is 0 Å². The van der Waals surface area contributed by atoms with Gasteiger partial charge >= 0.3 is 0 Å². The highest BCUT2D eigenvalue weighted by molar-refractivity contribution is 7.78. The first-order valence-electron chi connectivity index (χ1n) is 10.4. The summed E-state index contributed by atoms with van der Waals surface area (Å²) in [6.45, 7) is 7.80. The summed E-state index contributed by atoms with van der Waals surface area (Å²) in [6.07, 6.45) is 10.5. The van der Waals surface area contributed by atoms with Crippen LogP contribution in [0.4, 0.5) is 10.1 Å². The number of benzene rings is 1. The largest absolute Gasteiger partial charge is 0.404 e. The SMILES string of the molecule is C=CC1(C/C(=C/NN)NCCC)CC(=CN)C(=Nc2ccc(F)cc2)C=C1CCNS. The van der Waals surface area contributed by atoms with Crippen molar-refractivity contribution in [3.05, 3.63) is 78.1 Å². The van der Waals surface area contributed by atoms with Gasteiger partial charge in [-0.1, -0.05) is 31.4 Å². The zero-order chi connectivity index (χ0) is 22.7. The van der Waals surface area contributed by atoms with Gasteiger partial charge in [-0.05, 0) is 61.4 Å². The van der Waals surface area contributed by atoms with Gasteiger partial charge in [0, 0.05) is 36.8 Å². The first-order chi connectivity index (χ1) is 15.0. The zero-order valence-electron chi connectivity index (χ0n) is 18.0. The summed E-state index contributed by atoms with van der Waals surface area (Å²) < 4.78 is 16.2. The monoisotopic (exact) mass is 444 g/mol. The molecule has 0 heterocycles. The summed E-state index contributed by atoms with van der Waals surface area (Å²) in [4.78, 5) is 4.72. The maximum atomic E-state index is 13.3. The molecule has 1 atom stereocenters. The molecule has 0 fully saturated rings. The van der Waals surface area contributed by atoms with Crippen molar-refractivity contribution >= 4 is 24.2 Å². The van der Waals surface area contributed by atoms with Crippen LogP contribution in [0.1, 0.15) is 32.6 Å². The van der Waals surface area contributed by atoms with Gasteiger partial charge in [0.15, 0.2) is 0 Å². The number of rotatable bonds is 11. The van der Waals surface area contributed by atoms with Gasteiger partial charge in [-0.25, -0.2) is 9.38 Å². The second-order valence-corrected chi connectivity index (χ2v) is 7.79. The van der Waals surface area contributed by atoms with Gasteiger partial charge in [0.2, 0.25) is 0 Å². The van der Waals surface area contributed by atoms with E-state index in [1.165, 1.54) is 12.1 Å². The highest BCUT2D eigenvalue weighted by Crippen LogP contribution is 2.46.